The number of nitrogens with zero attached hydrogens (tertiary/aromatic N) is 4. The minimum atomic E-state index is 0.658. The first kappa shape index (κ1) is 17.0. The highest BCUT2D eigenvalue weighted by Crippen LogP contribution is 2.05. The number of hydrogen-bond donors (Lipinski definition) is 2. The van der Waals surface area contributed by atoms with Crippen molar-refractivity contribution in [2.75, 3.05) is 13.1 Å². The first-order valence-electron chi connectivity index (χ1n) is 8.62. The highest BCUT2D eigenvalue weighted by atomic mass is 15.2. The number of aryl methyl sites for hydroxylation is 1. The molecule has 6 heteroatoms. The lowest BCUT2D eigenvalue weighted by molar-refractivity contribution is 0.763. The monoisotopic (exact) mass is 336 g/mol. The lowest BCUT2D eigenvalue weighted by Gasteiger charge is -2.11. The van der Waals surface area contributed by atoms with Gasteiger partial charge in [0.2, 0.25) is 0 Å². The Bertz CT molecular complexity index is 852. The predicted octanol–water partition coefficient (Wildman–Crippen LogP) is 2.34. The van der Waals surface area contributed by atoms with Gasteiger partial charge in [0.15, 0.2) is 11.6 Å². The fourth-order valence-corrected chi connectivity index (χ4v) is 2.68. The van der Waals surface area contributed by atoms with Gasteiger partial charge in [-0.1, -0.05) is 35.9 Å². The third-order valence-corrected chi connectivity index (χ3v) is 3.87. The second-order valence-corrected chi connectivity index (χ2v) is 5.91. The number of benzene rings is 1. The molecule has 130 valence electrons. The van der Waals surface area contributed by atoms with Gasteiger partial charge in [-0.25, -0.2) is 4.99 Å². The Morgan fingerprint density at radius 2 is 2.04 bits per heavy atom. The van der Waals surface area contributed by atoms with Crippen molar-refractivity contribution in [2.24, 2.45) is 4.99 Å². The first-order valence-corrected chi connectivity index (χ1v) is 8.62. The lowest BCUT2D eigenvalue weighted by Crippen LogP contribution is -2.38. The molecule has 3 aromatic rings. The van der Waals surface area contributed by atoms with Crippen LogP contribution in [0.1, 0.15) is 23.9 Å². The van der Waals surface area contributed by atoms with Crippen molar-refractivity contribution in [1.82, 2.24) is 25.2 Å². The summed E-state index contributed by atoms with van der Waals surface area (Å²) in [6, 6.07) is 14.3. The number of hydrogen-bond acceptors (Lipinski definition) is 3. The van der Waals surface area contributed by atoms with Crippen molar-refractivity contribution < 1.29 is 0 Å². The Morgan fingerprint density at radius 3 is 2.88 bits per heavy atom. The van der Waals surface area contributed by atoms with Gasteiger partial charge in [-0.2, -0.15) is 0 Å². The van der Waals surface area contributed by atoms with Gasteiger partial charge in [0.1, 0.15) is 5.82 Å². The van der Waals surface area contributed by atoms with Crippen LogP contribution >= 0.6 is 0 Å². The van der Waals surface area contributed by atoms with E-state index in [1.54, 1.807) is 0 Å². The maximum Gasteiger partial charge on any atom is 0.191 e. The fraction of sp³-hybridized carbons (Fsp3) is 0.316. The lowest BCUT2D eigenvalue weighted by atomic mass is 10.1. The van der Waals surface area contributed by atoms with Gasteiger partial charge in [0, 0.05) is 25.7 Å². The molecule has 0 saturated carbocycles. The van der Waals surface area contributed by atoms with Crippen LogP contribution in [-0.2, 0) is 13.0 Å². The van der Waals surface area contributed by atoms with E-state index in [9.17, 15) is 0 Å². The topological polar surface area (TPSA) is 66.6 Å². The minimum Gasteiger partial charge on any atom is -0.357 e. The molecule has 3 rings (SSSR count). The molecule has 0 radical (unpaired) electrons. The van der Waals surface area contributed by atoms with Crippen molar-refractivity contribution in [2.45, 2.75) is 26.8 Å². The number of fused-ring (bicyclic) bond motifs is 1. The molecule has 25 heavy (non-hydrogen) atoms. The van der Waals surface area contributed by atoms with Crippen LogP contribution in [0.4, 0.5) is 0 Å². The van der Waals surface area contributed by atoms with E-state index in [0.717, 1.165) is 36.9 Å². The summed E-state index contributed by atoms with van der Waals surface area (Å²) >= 11 is 0. The quantitative estimate of drug-likeness (QED) is 0.536. The Balaban J connectivity index is 1.59. The van der Waals surface area contributed by atoms with Crippen LogP contribution in [-0.4, -0.2) is 33.6 Å². The third kappa shape index (κ3) is 4.56. The number of pyridine rings is 1. The Kier molecular flexibility index (Phi) is 5.61. The molecule has 6 nitrogen and oxygen atoms in total. The second kappa shape index (κ2) is 8.28. The molecule has 0 fully saturated rings. The fourth-order valence-electron chi connectivity index (χ4n) is 2.68. The van der Waals surface area contributed by atoms with Crippen LogP contribution in [0.15, 0.2) is 53.7 Å². The summed E-state index contributed by atoms with van der Waals surface area (Å²) in [7, 11) is 0. The molecule has 0 aliphatic carbocycles. The van der Waals surface area contributed by atoms with E-state index in [-0.39, 0.29) is 0 Å². The molecule has 2 heterocycles. The van der Waals surface area contributed by atoms with Crippen molar-refractivity contribution in [1.29, 1.82) is 0 Å². The molecule has 0 saturated heterocycles. The van der Waals surface area contributed by atoms with Gasteiger partial charge in [-0.3, -0.25) is 4.40 Å². The van der Waals surface area contributed by atoms with Gasteiger partial charge < -0.3 is 10.6 Å². The zero-order valence-electron chi connectivity index (χ0n) is 14.7. The van der Waals surface area contributed by atoms with Crippen LogP contribution in [0.3, 0.4) is 0 Å². The van der Waals surface area contributed by atoms with Crippen LogP contribution in [0, 0.1) is 6.92 Å². The second-order valence-electron chi connectivity index (χ2n) is 5.91. The molecule has 0 aliphatic heterocycles. The smallest absolute Gasteiger partial charge is 0.191 e. The van der Waals surface area contributed by atoms with Crippen LogP contribution in [0.5, 0.6) is 0 Å². The summed E-state index contributed by atoms with van der Waals surface area (Å²) in [5.41, 5.74) is 3.34. The maximum atomic E-state index is 4.66. The van der Waals surface area contributed by atoms with E-state index in [1.165, 1.54) is 11.1 Å². The summed E-state index contributed by atoms with van der Waals surface area (Å²) in [6.07, 6.45) is 2.77. The number of guanidine groups is 1. The van der Waals surface area contributed by atoms with Gasteiger partial charge in [0.05, 0.1) is 6.54 Å². The highest BCUT2D eigenvalue weighted by Gasteiger charge is 2.05. The first-order chi connectivity index (χ1) is 12.3. The normalized spacial score (nSPS) is 11.7. The molecule has 1 aromatic carbocycles. The van der Waals surface area contributed by atoms with Gasteiger partial charge in [0.25, 0.3) is 0 Å². The van der Waals surface area contributed by atoms with Crippen molar-refractivity contribution in [3.63, 3.8) is 0 Å². The van der Waals surface area contributed by atoms with E-state index in [2.05, 4.69) is 63.9 Å². The predicted molar refractivity (Wildman–Crippen MR) is 101 cm³/mol. The van der Waals surface area contributed by atoms with Crippen molar-refractivity contribution in [3.05, 3.63) is 65.6 Å². The van der Waals surface area contributed by atoms with Crippen LogP contribution in [0.25, 0.3) is 5.65 Å². The van der Waals surface area contributed by atoms with E-state index >= 15 is 0 Å². The summed E-state index contributed by atoms with van der Waals surface area (Å²) in [5.74, 6) is 1.76. The van der Waals surface area contributed by atoms with E-state index in [0.29, 0.717) is 6.54 Å². The molecule has 0 spiro atoms. The minimum absolute atomic E-state index is 0.658. The van der Waals surface area contributed by atoms with E-state index in [4.69, 9.17) is 0 Å². The Morgan fingerprint density at radius 1 is 1.12 bits per heavy atom. The zero-order chi connectivity index (χ0) is 17.5. The highest BCUT2D eigenvalue weighted by molar-refractivity contribution is 5.79. The number of aliphatic imine (C=N–C) groups is 1. The van der Waals surface area contributed by atoms with E-state index in [1.807, 2.05) is 28.8 Å². The molecule has 0 atom stereocenters. The molecule has 0 unspecified atom stereocenters. The summed E-state index contributed by atoms with van der Waals surface area (Å²) < 4.78 is 2.01. The average molecular weight is 336 g/mol. The molecule has 0 amide bonds. The molecular formula is C19H24N6. The standard InChI is InChI=1S/C19H24N6/c1-3-20-19(22-14-16-8-6-7-15(2)13-16)21-11-10-18-24-23-17-9-4-5-12-25(17)18/h4-9,12-13H,3,10-11,14H2,1-2H3,(H2,20,21,22). The zero-order valence-corrected chi connectivity index (χ0v) is 14.7. The van der Waals surface area contributed by atoms with Gasteiger partial charge in [-0.15, -0.1) is 10.2 Å². The van der Waals surface area contributed by atoms with Crippen molar-refractivity contribution in [3.8, 4) is 0 Å². The van der Waals surface area contributed by atoms with Crippen LogP contribution < -0.4 is 10.6 Å². The number of nitrogens with one attached hydrogen (secondary N) is 2. The number of aromatic nitrogens is 3. The van der Waals surface area contributed by atoms with Crippen molar-refractivity contribution >= 4 is 11.6 Å². The molecule has 2 N–H and O–H groups in total. The maximum absolute atomic E-state index is 4.66. The number of rotatable bonds is 6. The molecular weight excluding hydrogens is 312 g/mol. The van der Waals surface area contributed by atoms with Gasteiger partial charge >= 0.3 is 0 Å². The largest absolute Gasteiger partial charge is 0.357 e. The third-order valence-electron chi connectivity index (χ3n) is 3.87. The van der Waals surface area contributed by atoms with E-state index < -0.39 is 0 Å². The Labute approximate surface area is 148 Å². The Hall–Kier alpha value is -2.89. The van der Waals surface area contributed by atoms with Gasteiger partial charge in [-0.05, 0) is 31.5 Å². The molecule has 0 aliphatic rings. The SMILES string of the molecule is CCNC(=NCc1cccc(C)c1)NCCc1nnc2ccccn12. The molecule has 2 aromatic heterocycles. The van der Waals surface area contributed by atoms with Crippen LogP contribution in [0.2, 0.25) is 0 Å². The summed E-state index contributed by atoms with van der Waals surface area (Å²) in [6.45, 7) is 6.39. The summed E-state index contributed by atoms with van der Waals surface area (Å²) in [4.78, 5) is 4.66. The average Bonchev–Trinajstić information content (AvgIpc) is 3.03. The summed E-state index contributed by atoms with van der Waals surface area (Å²) in [5, 5.41) is 15.1. The molecule has 0 bridgehead atoms.